The summed E-state index contributed by atoms with van der Waals surface area (Å²) < 4.78 is 12.9. The predicted molar refractivity (Wildman–Crippen MR) is 164 cm³/mol. The number of piperazine rings is 2. The minimum Gasteiger partial charge on any atom is -0.581 e. The molecule has 40 heavy (non-hydrogen) atoms. The van der Waals surface area contributed by atoms with Gasteiger partial charge in [0.1, 0.15) is 23.6 Å². The first-order valence-electron chi connectivity index (χ1n) is 14.1. The molecule has 6 N–H and O–H groups in total. The number of nitrogens with zero attached hydrogens (tertiary/aromatic N) is 6. The number of nitrogen functional groups attached to an aromatic ring is 1. The van der Waals surface area contributed by atoms with E-state index in [9.17, 15) is 4.39 Å². The second-order valence-electron chi connectivity index (χ2n) is 10.9. The monoisotopic (exact) mass is 570 g/mol. The van der Waals surface area contributed by atoms with Gasteiger partial charge in [0.15, 0.2) is 5.84 Å². The number of hydrogen-bond donors (Lipinski definition) is 3. The Balaban J connectivity index is 1.47. The van der Waals surface area contributed by atoms with Crippen LogP contribution >= 0.6 is 11.3 Å². The lowest BCUT2D eigenvalue weighted by Crippen LogP contribution is -2.47. The van der Waals surface area contributed by atoms with E-state index >= 15 is 0 Å². The first-order valence-corrected chi connectivity index (χ1v) is 14.9. The van der Waals surface area contributed by atoms with Gasteiger partial charge in [-0.15, -0.1) is 16.3 Å². The Hall–Kier alpha value is -3.09. The number of fused-ring (bicyclic) bond motifs is 1. The van der Waals surface area contributed by atoms with Crippen molar-refractivity contribution in [2.75, 3.05) is 81.1 Å². The zero-order valence-electron chi connectivity index (χ0n) is 23.3. The van der Waals surface area contributed by atoms with E-state index < -0.39 is 5.41 Å². The van der Waals surface area contributed by atoms with Gasteiger partial charge in [-0.25, -0.2) is 9.37 Å². The molecule has 0 amide bonds. The molecule has 1 unspecified atom stereocenters. The van der Waals surface area contributed by atoms with E-state index in [4.69, 9.17) is 21.2 Å². The maximum Gasteiger partial charge on any atom is 0.343 e. The topological polar surface area (TPSA) is 132 Å². The van der Waals surface area contributed by atoms with Gasteiger partial charge in [0.2, 0.25) is 0 Å². The van der Waals surface area contributed by atoms with Crippen molar-refractivity contribution in [3.63, 3.8) is 0 Å². The van der Waals surface area contributed by atoms with Crippen LogP contribution in [-0.4, -0.2) is 99.0 Å². The molecule has 0 radical (unpaired) electrons. The van der Waals surface area contributed by atoms with Gasteiger partial charge in [-0.05, 0) is 44.5 Å². The molecule has 12 heteroatoms. The lowest BCUT2D eigenvalue weighted by molar-refractivity contribution is 0.235. The molecule has 0 spiro atoms. The molecule has 10 nitrogen and oxygen atoms in total. The number of aromatic nitrogens is 1. The van der Waals surface area contributed by atoms with Gasteiger partial charge in [0.25, 0.3) is 0 Å². The summed E-state index contributed by atoms with van der Waals surface area (Å²) in [7, 11) is 0. The van der Waals surface area contributed by atoms with E-state index in [0.717, 1.165) is 99.3 Å². The van der Waals surface area contributed by atoms with Crippen molar-refractivity contribution in [3.8, 4) is 0 Å². The zero-order chi connectivity index (χ0) is 28.3. The molecule has 2 aromatic rings. The Bertz CT molecular complexity index is 1270. The second-order valence-corrected chi connectivity index (χ2v) is 12.1. The minimum absolute atomic E-state index is 0.0146. The molecular formula is C28H41FN9OS+. The van der Waals surface area contributed by atoms with E-state index in [1.165, 1.54) is 4.88 Å². The Morgan fingerprint density at radius 2 is 1.98 bits per heavy atom. The first-order chi connectivity index (χ1) is 19.3. The summed E-state index contributed by atoms with van der Waals surface area (Å²) in [6, 6.07) is 4.02. The number of nitrogens with one attached hydrogen (secondary N) is 2. The van der Waals surface area contributed by atoms with Crippen molar-refractivity contribution in [1.82, 2.24) is 15.2 Å². The number of anilines is 3. The Kier molecular flexibility index (Phi) is 8.67. The Morgan fingerprint density at radius 3 is 2.67 bits per heavy atom. The van der Waals surface area contributed by atoms with Crippen molar-refractivity contribution in [3.05, 3.63) is 33.8 Å². The minimum atomic E-state index is -0.653. The number of alkyl halides is 1. The third-order valence-electron chi connectivity index (χ3n) is 8.38. The quantitative estimate of drug-likeness (QED) is 0.253. The summed E-state index contributed by atoms with van der Waals surface area (Å²) >= 11 is 1.58. The average molecular weight is 571 g/mol. The third-order valence-corrected chi connectivity index (χ3v) is 9.50. The van der Waals surface area contributed by atoms with Crippen LogP contribution in [-0.2, 0) is 18.4 Å². The number of aryl methyl sites for hydroxylation is 1. The molecule has 4 heterocycles. The molecule has 1 atom stereocenters. The van der Waals surface area contributed by atoms with E-state index in [2.05, 4.69) is 42.8 Å². The summed E-state index contributed by atoms with van der Waals surface area (Å²) in [5, 5.41) is 22.2. The van der Waals surface area contributed by atoms with Gasteiger partial charge in [-0.1, -0.05) is 0 Å². The fourth-order valence-corrected chi connectivity index (χ4v) is 7.34. The molecule has 2 saturated heterocycles. The highest BCUT2D eigenvalue weighted by atomic mass is 32.1. The smallest absolute Gasteiger partial charge is 0.343 e. The highest BCUT2D eigenvalue weighted by Gasteiger charge is 2.45. The van der Waals surface area contributed by atoms with Crippen molar-refractivity contribution in [2.24, 2.45) is 9.98 Å². The fraction of sp³-hybridized carbons (Fsp3) is 0.571. The summed E-state index contributed by atoms with van der Waals surface area (Å²) in [5.74, 6) is 0.935. The fourth-order valence-electron chi connectivity index (χ4n) is 6.09. The normalized spacial score (nSPS) is 22.3. The van der Waals surface area contributed by atoms with Gasteiger partial charge in [-0.3, -0.25) is 15.3 Å². The number of thiophene rings is 1. The number of hydrogen-bond acceptors (Lipinski definition) is 9. The van der Waals surface area contributed by atoms with Gasteiger partial charge < -0.3 is 26.0 Å². The maximum atomic E-state index is 12.9. The van der Waals surface area contributed by atoms with Crippen LogP contribution in [0.5, 0.6) is 0 Å². The SMILES string of the molecule is C=NCc1c(N)sc2c1C(C)(C([OH2+])=NC(=N)c1cc(N3CCNCC3)cc(N3CCN(CCF)CC3)n1)CCC2. The van der Waals surface area contributed by atoms with Crippen LogP contribution in [0.1, 0.15) is 41.5 Å². The summed E-state index contributed by atoms with van der Waals surface area (Å²) in [5.41, 5.74) is 9.16. The number of halogens is 1. The van der Waals surface area contributed by atoms with Crippen LogP contribution in [0.4, 0.5) is 20.9 Å². The number of aliphatic imine (C=N–C) groups is 2. The van der Waals surface area contributed by atoms with E-state index in [0.29, 0.717) is 18.8 Å². The van der Waals surface area contributed by atoms with Gasteiger partial charge in [-0.2, -0.15) is 0 Å². The maximum absolute atomic E-state index is 12.9. The van der Waals surface area contributed by atoms with Crippen molar-refractivity contribution in [2.45, 2.75) is 38.1 Å². The highest BCUT2D eigenvalue weighted by molar-refractivity contribution is 7.16. The summed E-state index contributed by atoms with van der Waals surface area (Å²) in [6.07, 6.45) is 2.63. The van der Waals surface area contributed by atoms with Crippen LogP contribution < -0.4 is 20.9 Å². The molecule has 2 aliphatic heterocycles. The Morgan fingerprint density at radius 1 is 1.23 bits per heavy atom. The third kappa shape index (κ3) is 5.70. The van der Waals surface area contributed by atoms with Crippen LogP contribution in [0.2, 0.25) is 0 Å². The lowest BCUT2D eigenvalue weighted by Gasteiger charge is -2.36. The van der Waals surface area contributed by atoms with E-state index in [1.807, 2.05) is 13.0 Å². The molecule has 2 fully saturated rings. The van der Waals surface area contributed by atoms with Gasteiger partial charge in [0, 0.05) is 81.1 Å². The molecule has 5 rings (SSSR count). The van der Waals surface area contributed by atoms with Crippen molar-refractivity contribution in [1.29, 1.82) is 5.41 Å². The summed E-state index contributed by atoms with van der Waals surface area (Å²) in [4.78, 5) is 21.4. The number of rotatable bonds is 8. The number of amidine groups is 1. The zero-order valence-corrected chi connectivity index (χ0v) is 24.1. The van der Waals surface area contributed by atoms with Crippen LogP contribution in [0, 0.1) is 5.41 Å². The van der Waals surface area contributed by atoms with Crippen LogP contribution in [0.15, 0.2) is 22.1 Å². The average Bonchev–Trinajstić information content (AvgIpc) is 3.30. The number of pyridine rings is 1. The van der Waals surface area contributed by atoms with Gasteiger partial charge >= 0.3 is 5.90 Å². The number of nitrogens with two attached hydrogens (primary N) is 1. The lowest BCUT2D eigenvalue weighted by atomic mass is 9.72. The predicted octanol–water partition coefficient (Wildman–Crippen LogP) is 2.17. The van der Waals surface area contributed by atoms with E-state index in [-0.39, 0.29) is 18.4 Å². The largest absolute Gasteiger partial charge is 0.581 e. The van der Waals surface area contributed by atoms with Gasteiger partial charge in [0.05, 0.1) is 11.5 Å². The Labute approximate surface area is 239 Å². The summed E-state index contributed by atoms with van der Waals surface area (Å²) in [6.45, 7) is 12.8. The molecule has 0 saturated carbocycles. The standard InChI is InChI=1S/C28H40FN9OS/c1-28(5-3-4-22-24(28)20(18-32-2)26(31)40-22)27(39)35-25(30)21-16-19(37-10-7-33-8-11-37)17-23(34-21)38-14-12-36(9-6-29)13-15-38/h16-17,33H,2-15,18,31H2,1H3,(H2,30,35,39)/p+1. The molecule has 0 aromatic carbocycles. The molecule has 2 aromatic heterocycles. The van der Waals surface area contributed by atoms with Crippen molar-refractivity contribution < 1.29 is 9.50 Å². The molecule has 1 aliphatic carbocycles. The molecule has 216 valence electrons. The first kappa shape index (κ1) is 28.4. The van der Waals surface area contributed by atoms with Crippen molar-refractivity contribution >= 4 is 46.3 Å². The highest BCUT2D eigenvalue weighted by Crippen LogP contribution is 2.46. The van der Waals surface area contributed by atoms with E-state index in [1.54, 1.807) is 11.3 Å². The molecular weight excluding hydrogens is 529 g/mol. The second kappa shape index (κ2) is 12.2. The van der Waals surface area contributed by atoms with Crippen LogP contribution in [0.25, 0.3) is 0 Å². The molecule has 0 bridgehead atoms. The molecule has 3 aliphatic rings. The van der Waals surface area contributed by atoms with Crippen LogP contribution in [0.3, 0.4) is 0 Å².